The minimum Gasteiger partial charge on any atom is -0.398 e. The first-order chi connectivity index (χ1) is 16.7. The van der Waals surface area contributed by atoms with E-state index in [4.69, 9.17) is 11.5 Å². The predicted molar refractivity (Wildman–Crippen MR) is 140 cm³/mol. The van der Waals surface area contributed by atoms with Crippen LogP contribution in [-0.4, -0.2) is 43.0 Å². The Bertz CT molecular complexity index is 1220. The number of benzene rings is 2. The third kappa shape index (κ3) is 7.05. The van der Waals surface area contributed by atoms with Gasteiger partial charge in [-0.15, -0.1) is 0 Å². The molecule has 0 radical (unpaired) electrons. The van der Waals surface area contributed by atoms with Crippen LogP contribution < -0.4 is 16.8 Å². The molecule has 0 saturated heterocycles. The van der Waals surface area contributed by atoms with Crippen LogP contribution in [0.2, 0.25) is 0 Å². The van der Waals surface area contributed by atoms with Crippen molar-refractivity contribution in [2.24, 2.45) is 5.73 Å². The lowest BCUT2D eigenvalue weighted by atomic mass is 10.1. The van der Waals surface area contributed by atoms with E-state index in [1.165, 1.54) is 12.3 Å². The number of aliphatic hydroxyl groups excluding tert-OH is 1. The summed E-state index contributed by atoms with van der Waals surface area (Å²) in [5.41, 5.74) is 15.3. The number of rotatable bonds is 10. The number of nitrogen functional groups attached to an aromatic ring is 1. The number of allylic oxidation sites excluding steroid dienone is 1. The molecule has 0 spiro atoms. The van der Waals surface area contributed by atoms with E-state index in [1.54, 1.807) is 31.2 Å². The van der Waals surface area contributed by atoms with Crippen LogP contribution in [-0.2, 0) is 17.3 Å². The molecule has 1 heterocycles. The third-order valence-corrected chi connectivity index (χ3v) is 6.78. The summed E-state index contributed by atoms with van der Waals surface area (Å²) in [6, 6.07) is 14.6. The number of ketones is 1. The Labute approximate surface area is 208 Å². The first-order valence-corrected chi connectivity index (χ1v) is 12.5. The summed E-state index contributed by atoms with van der Waals surface area (Å²) >= 11 is 0. The number of carbonyl (C=O) groups is 1. The Morgan fingerprint density at radius 3 is 2.37 bits per heavy atom. The average molecular weight is 494 g/mol. The van der Waals surface area contributed by atoms with Crippen molar-refractivity contribution >= 4 is 28.1 Å². The Morgan fingerprint density at radius 2 is 1.77 bits per heavy atom. The van der Waals surface area contributed by atoms with Crippen molar-refractivity contribution in [3.8, 4) is 11.3 Å². The Hall–Kier alpha value is -3.40. The summed E-state index contributed by atoms with van der Waals surface area (Å²) in [5, 5.41) is 12.5. The van der Waals surface area contributed by atoms with Crippen molar-refractivity contribution in [3.63, 3.8) is 0 Å². The molecular formula is C26H31N5O3S. The quantitative estimate of drug-likeness (QED) is 0.249. The number of carbonyl (C=O) groups excluding carboxylic acids is 1. The fourth-order valence-electron chi connectivity index (χ4n) is 3.28. The highest BCUT2D eigenvalue weighted by Gasteiger charge is 2.15. The zero-order chi connectivity index (χ0) is 25.5. The highest BCUT2D eigenvalue weighted by Crippen LogP contribution is 2.22. The van der Waals surface area contributed by atoms with Crippen molar-refractivity contribution < 1.29 is 14.1 Å². The predicted octanol–water partition coefficient (Wildman–Crippen LogP) is 2.89. The number of aliphatic hydroxyl groups is 1. The minimum absolute atomic E-state index is 0.0132. The van der Waals surface area contributed by atoms with Crippen molar-refractivity contribution in [2.45, 2.75) is 43.6 Å². The lowest BCUT2D eigenvalue weighted by Crippen LogP contribution is -2.23. The highest BCUT2D eigenvalue weighted by atomic mass is 32.2. The summed E-state index contributed by atoms with van der Waals surface area (Å²) in [7, 11) is -1.09. The van der Waals surface area contributed by atoms with E-state index in [0.717, 1.165) is 16.0 Å². The van der Waals surface area contributed by atoms with Crippen LogP contribution in [0.1, 0.15) is 42.4 Å². The van der Waals surface area contributed by atoms with Crippen molar-refractivity contribution in [2.75, 3.05) is 12.3 Å². The molecule has 9 heteroatoms. The van der Waals surface area contributed by atoms with Crippen molar-refractivity contribution in [1.29, 1.82) is 0 Å². The molecule has 3 aromatic rings. The molecule has 0 aliphatic heterocycles. The van der Waals surface area contributed by atoms with Gasteiger partial charge in [0, 0.05) is 40.6 Å². The van der Waals surface area contributed by atoms with E-state index in [9.17, 15) is 14.1 Å². The smallest absolute Gasteiger partial charge is 0.210 e. The molecule has 0 saturated carbocycles. The molecule has 8 nitrogen and oxygen atoms in total. The molecule has 35 heavy (non-hydrogen) atoms. The number of nitrogens with two attached hydrogens (primary N) is 2. The monoisotopic (exact) mass is 493 g/mol. The molecule has 0 fully saturated rings. The SMILES string of the molecule is CC(O)CNCc1ccc(/C(N)=C/C(=O)c2nc(-c3ccc(S(=O)C(C)C)cc3)cnc2N)cc1. The van der Waals surface area contributed by atoms with Crippen LogP contribution in [0.25, 0.3) is 17.0 Å². The summed E-state index contributed by atoms with van der Waals surface area (Å²) in [6.07, 6.45) is 2.38. The topological polar surface area (TPSA) is 144 Å². The van der Waals surface area contributed by atoms with Crippen LogP contribution in [0.4, 0.5) is 5.82 Å². The molecule has 6 N–H and O–H groups in total. The highest BCUT2D eigenvalue weighted by molar-refractivity contribution is 7.85. The summed E-state index contributed by atoms with van der Waals surface area (Å²) < 4.78 is 12.3. The molecular weight excluding hydrogens is 462 g/mol. The second kappa shape index (κ2) is 11.8. The summed E-state index contributed by atoms with van der Waals surface area (Å²) in [5.74, 6) is -0.436. The zero-order valence-electron chi connectivity index (χ0n) is 20.1. The third-order valence-electron chi connectivity index (χ3n) is 5.19. The Balaban J connectivity index is 1.77. The molecule has 3 rings (SSSR count). The molecule has 0 amide bonds. The van der Waals surface area contributed by atoms with E-state index in [0.29, 0.717) is 24.3 Å². The second-order valence-electron chi connectivity index (χ2n) is 8.50. The van der Waals surface area contributed by atoms with Crippen molar-refractivity contribution in [3.05, 3.63) is 77.6 Å². The Morgan fingerprint density at radius 1 is 1.11 bits per heavy atom. The fourth-order valence-corrected chi connectivity index (χ4v) is 4.23. The van der Waals surface area contributed by atoms with Gasteiger partial charge in [-0.1, -0.05) is 50.2 Å². The number of hydrogen-bond donors (Lipinski definition) is 4. The first kappa shape index (κ1) is 26.2. The standard InChI is InChI=1S/C26H31N5O3S/c1-16(2)35(34)21-10-8-20(9-11-21)23-15-30-26(28)25(31-23)24(33)12-22(27)19-6-4-18(5-7-19)14-29-13-17(3)32/h4-12,15-17,29,32H,13-14,27H2,1-3H3,(H2,28,30)/b22-12-. The number of aromatic nitrogens is 2. The van der Waals surface area contributed by atoms with Gasteiger partial charge in [0.1, 0.15) is 0 Å². The van der Waals surface area contributed by atoms with Gasteiger partial charge in [0.05, 0.1) is 28.8 Å². The average Bonchev–Trinajstić information content (AvgIpc) is 2.84. The van der Waals surface area contributed by atoms with Gasteiger partial charge < -0.3 is 21.9 Å². The number of nitrogens with zero attached hydrogens (tertiary/aromatic N) is 2. The van der Waals surface area contributed by atoms with Gasteiger partial charge in [-0.2, -0.15) is 0 Å². The van der Waals surface area contributed by atoms with Crippen molar-refractivity contribution in [1.82, 2.24) is 15.3 Å². The zero-order valence-corrected chi connectivity index (χ0v) is 20.9. The van der Waals surface area contributed by atoms with Gasteiger partial charge in [-0.25, -0.2) is 9.97 Å². The second-order valence-corrected chi connectivity index (χ2v) is 10.5. The van der Waals surface area contributed by atoms with Gasteiger partial charge in [0.2, 0.25) is 5.78 Å². The molecule has 0 aliphatic carbocycles. The van der Waals surface area contributed by atoms with E-state index >= 15 is 0 Å². The van der Waals surface area contributed by atoms with Crippen LogP contribution in [0.15, 0.2) is 65.7 Å². The molecule has 2 atom stereocenters. The minimum atomic E-state index is -1.09. The lowest BCUT2D eigenvalue weighted by molar-refractivity contribution is 0.104. The van der Waals surface area contributed by atoms with E-state index < -0.39 is 22.7 Å². The van der Waals surface area contributed by atoms with Gasteiger partial charge in [-0.05, 0) is 30.2 Å². The summed E-state index contributed by atoms with van der Waals surface area (Å²) in [4.78, 5) is 22.2. The van der Waals surface area contributed by atoms with Crippen LogP contribution in [0, 0.1) is 0 Å². The maximum Gasteiger partial charge on any atom is 0.210 e. The fraction of sp³-hybridized carbons (Fsp3) is 0.269. The Kier molecular flexibility index (Phi) is 8.86. The van der Waals surface area contributed by atoms with E-state index in [2.05, 4.69) is 15.3 Å². The lowest BCUT2D eigenvalue weighted by Gasteiger charge is -2.09. The van der Waals surface area contributed by atoms with Gasteiger partial charge in [-0.3, -0.25) is 9.00 Å². The first-order valence-electron chi connectivity index (χ1n) is 11.3. The normalized spacial score (nSPS) is 13.6. The molecule has 1 aromatic heterocycles. The maximum atomic E-state index is 12.9. The van der Waals surface area contributed by atoms with Crippen LogP contribution in [0.5, 0.6) is 0 Å². The van der Waals surface area contributed by atoms with Gasteiger partial charge in [0.25, 0.3) is 0 Å². The molecule has 2 aromatic carbocycles. The molecule has 184 valence electrons. The van der Waals surface area contributed by atoms with Gasteiger partial charge >= 0.3 is 0 Å². The number of anilines is 1. The maximum absolute atomic E-state index is 12.9. The van der Waals surface area contributed by atoms with Gasteiger partial charge in [0.15, 0.2) is 11.5 Å². The van der Waals surface area contributed by atoms with E-state index in [1.807, 2.05) is 38.1 Å². The molecule has 0 aliphatic rings. The number of nitrogens with one attached hydrogen (secondary N) is 1. The molecule has 0 bridgehead atoms. The largest absolute Gasteiger partial charge is 0.398 e. The van der Waals surface area contributed by atoms with Crippen LogP contribution in [0.3, 0.4) is 0 Å². The summed E-state index contributed by atoms with van der Waals surface area (Å²) in [6.45, 7) is 6.64. The van der Waals surface area contributed by atoms with E-state index in [-0.39, 0.29) is 22.5 Å². The number of hydrogen-bond acceptors (Lipinski definition) is 8. The molecule has 2 unspecified atom stereocenters. The van der Waals surface area contributed by atoms with Crippen LogP contribution >= 0.6 is 0 Å².